The lowest BCUT2D eigenvalue weighted by Crippen LogP contribution is -2.11. The van der Waals surface area contributed by atoms with Crippen LogP contribution in [0.3, 0.4) is 0 Å². The number of esters is 1. The lowest BCUT2D eigenvalue weighted by atomic mass is 10.2. The molecule has 0 atom stereocenters. The first-order chi connectivity index (χ1) is 8.97. The fourth-order valence-electron chi connectivity index (χ4n) is 1.16. The molecular formula is C14H16ClNO3. The molecule has 0 aliphatic carbocycles. The normalized spacial score (nSPS) is 10.7. The molecule has 1 N–H and O–H groups in total. The van der Waals surface area contributed by atoms with Gasteiger partial charge in [0.25, 0.3) is 0 Å². The standard InChI is InChI=1S/C14H16ClNO3/c1-10(2)9-19-14(18)8-7-13(17)16-12-5-3-11(15)4-6-12/h3-8,10H,9H2,1-2H3,(H,16,17)/b8-7-. The summed E-state index contributed by atoms with van der Waals surface area (Å²) in [4.78, 5) is 22.7. The van der Waals surface area contributed by atoms with Gasteiger partial charge < -0.3 is 10.1 Å². The number of hydrogen-bond donors (Lipinski definition) is 1. The Morgan fingerprint density at radius 1 is 1.26 bits per heavy atom. The molecular weight excluding hydrogens is 266 g/mol. The van der Waals surface area contributed by atoms with Crippen LogP contribution in [0.15, 0.2) is 36.4 Å². The molecule has 0 aliphatic rings. The van der Waals surface area contributed by atoms with Gasteiger partial charge in [0.2, 0.25) is 5.91 Å². The first-order valence-electron chi connectivity index (χ1n) is 5.89. The highest BCUT2D eigenvalue weighted by molar-refractivity contribution is 6.30. The van der Waals surface area contributed by atoms with Gasteiger partial charge >= 0.3 is 5.97 Å². The van der Waals surface area contributed by atoms with Crippen LogP contribution in [0, 0.1) is 5.92 Å². The molecule has 0 spiro atoms. The molecule has 0 fully saturated rings. The molecule has 5 heteroatoms. The van der Waals surface area contributed by atoms with E-state index in [1.54, 1.807) is 24.3 Å². The number of hydrogen-bond acceptors (Lipinski definition) is 3. The number of nitrogens with one attached hydrogen (secondary N) is 1. The van der Waals surface area contributed by atoms with Gasteiger partial charge in [-0.1, -0.05) is 25.4 Å². The van der Waals surface area contributed by atoms with Crippen molar-refractivity contribution >= 4 is 29.2 Å². The Kier molecular flexibility index (Phi) is 6.09. The predicted octanol–water partition coefficient (Wildman–Crippen LogP) is 3.03. The van der Waals surface area contributed by atoms with Crippen LogP contribution in [0.2, 0.25) is 5.02 Å². The van der Waals surface area contributed by atoms with E-state index in [1.165, 1.54) is 0 Å². The summed E-state index contributed by atoms with van der Waals surface area (Å²) in [6.07, 6.45) is 2.24. The van der Waals surface area contributed by atoms with Gasteiger partial charge in [-0.3, -0.25) is 4.79 Å². The van der Waals surface area contributed by atoms with E-state index in [-0.39, 0.29) is 5.92 Å². The third-order valence-electron chi connectivity index (χ3n) is 2.04. The van der Waals surface area contributed by atoms with Gasteiger partial charge in [-0.25, -0.2) is 4.79 Å². The Morgan fingerprint density at radius 3 is 2.47 bits per heavy atom. The summed E-state index contributed by atoms with van der Waals surface area (Å²) in [5.41, 5.74) is 0.606. The van der Waals surface area contributed by atoms with Crippen LogP contribution in [0.5, 0.6) is 0 Å². The number of ether oxygens (including phenoxy) is 1. The van der Waals surface area contributed by atoms with E-state index in [0.717, 1.165) is 12.2 Å². The van der Waals surface area contributed by atoms with Gasteiger partial charge in [0.1, 0.15) is 0 Å². The molecule has 4 nitrogen and oxygen atoms in total. The highest BCUT2D eigenvalue weighted by Gasteiger charge is 2.02. The third kappa shape index (κ3) is 6.62. The van der Waals surface area contributed by atoms with Crippen LogP contribution in [0.4, 0.5) is 5.69 Å². The first kappa shape index (κ1) is 15.2. The van der Waals surface area contributed by atoms with Crippen molar-refractivity contribution in [3.8, 4) is 0 Å². The van der Waals surface area contributed by atoms with Crippen LogP contribution in [-0.2, 0) is 14.3 Å². The third-order valence-corrected chi connectivity index (χ3v) is 2.29. The molecule has 0 saturated carbocycles. The van der Waals surface area contributed by atoms with Crippen LogP contribution in [0.1, 0.15) is 13.8 Å². The number of rotatable bonds is 5. The van der Waals surface area contributed by atoms with Crippen LogP contribution in [0.25, 0.3) is 0 Å². The van der Waals surface area contributed by atoms with E-state index in [9.17, 15) is 9.59 Å². The van der Waals surface area contributed by atoms with E-state index in [4.69, 9.17) is 16.3 Å². The Labute approximate surface area is 117 Å². The van der Waals surface area contributed by atoms with Crippen molar-refractivity contribution in [1.29, 1.82) is 0 Å². The van der Waals surface area contributed by atoms with Gasteiger partial charge in [0, 0.05) is 22.9 Å². The number of halogens is 1. The average Bonchev–Trinajstić information content (AvgIpc) is 2.36. The Bertz CT molecular complexity index is 466. The van der Waals surface area contributed by atoms with Gasteiger partial charge in [-0.15, -0.1) is 0 Å². The van der Waals surface area contributed by atoms with E-state index in [2.05, 4.69) is 5.32 Å². The van der Waals surface area contributed by atoms with Gasteiger partial charge in [0.05, 0.1) is 6.61 Å². The quantitative estimate of drug-likeness (QED) is 0.667. The highest BCUT2D eigenvalue weighted by atomic mass is 35.5. The summed E-state index contributed by atoms with van der Waals surface area (Å²) in [7, 11) is 0. The Morgan fingerprint density at radius 2 is 1.89 bits per heavy atom. The zero-order chi connectivity index (χ0) is 14.3. The molecule has 1 amide bonds. The van der Waals surface area contributed by atoms with Crippen molar-refractivity contribution in [2.75, 3.05) is 11.9 Å². The average molecular weight is 282 g/mol. The molecule has 0 unspecified atom stereocenters. The minimum Gasteiger partial charge on any atom is -0.462 e. The molecule has 0 aromatic heterocycles. The van der Waals surface area contributed by atoms with E-state index < -0.39 is 11.9 Å². The second-order valence-electron chi connectivity index (χ2n) is 4.35. The largest absolute Gasteiger partial charge is 0.462 e. The first-order valence-corrected chi connectivity index (χ1v) is 6.26. The smallest absolute Gasteiger partial charge is 0.330 e. The fraction of sp³-hybridized carbons (Fsp3) is 0.286. The minimum absolute atomic E-state index is 0.264. The van der Waals surface area contributed by atoms with Crippen molar-refractivity contribution in [2.24, 2.45) is 5.92 Å². The minimum atomic E-state index is -0.528. The lowest BCUT2D eigenvalue weighted by molar-refractivity contribution is -0.138. The topological polar surface area (TPSA) is 55.4 Å². The maximum atomic E-state index is 11.5. The summed E-state index contributed by atoms with van der Waals surface area (Å²) < 4.78 is 4.90. The lowest BCUT2D eigenvalue weighted by Gasteiger charge is -2.04. The maximum absolute atomic E-state index is 11.5. The molecule has 1 aromatic rings. The van der Waals surface area contributed by atoms with E-state index >= 15 is 0 Å². The zero-order valence-electron chi connectivity index (χ0n) is 10.9. The summed E-state index contributed by atoms with van der Waals surface area (Å²) in [6.45, 7) is 4.20. The summed E-state index contributed by atoms with van der Waals surface area (Å²) >= 11 is 5.72. The van der Waals surface area contributed by atoms with Crippen molar-refractivity contribution in [2.45, 2.75) is 13.8 Å². The maximum Gasteiger partial charge on any atom is 0.330 e. The summed E-state index contributed by atoms with van der Waals surface area (Å²) in [6, 6.07) is 6.67. The van der Waals surface area contributed by atoms with Crippen LogP contribution < -0.4 is 5.32 Å². The Balaban J connectivity index is 2.42. The van der Waals surface area contributed by atoms with Gasteiger partial charge in [-0.2, -0.15) is 0 Å². The molecule has 0 heterocycles. The number of benzene rings is 1. The summed E-state index contributed by atoms with van der Waals surface area (Å²) in [5.74, 6) is -0.663. The molecule has 19 heavy (non-hydrogen) atoms. The molecule has 102 valence electrons. The molecule has 1 aromatic carbocycles. The number of anilines is 1. The van der Waals surface area contributed by atoms with Crippen molar-refractivity contribution in [3.05, 3.63) is 41.4 Å². The Hall–Kier alpha value is -1.81. The second-order valence-corrected chi connectivity index (χ2v) is 4.79. The molecule has 0 radical (unpaired) electrons. The van der Waals surface area contributed by atoms with E-state index in [0.29, 0.717) is 17.3 Å². The van der Waals surface area contributed by atoms with E-state index in [1.807, 2.05) is 13.8 Å². The SMILES string of the molecule is CC(C)COC(=O)/C=C\C(=O)Nc1ccc(Cl)cc1. The number of carbonyl (C=O) groups is 2. The molecule has 0 saturated heterocycles. The zero-order valence-corrected chi connectivity index (χ0v) is 11.6. The second kappa shape index (κ2) is 7.59. The van der Waals surface area contributed by atoms with Gasteiger partial charge in [-0.05, 0) is 30.2 Å². The molecule has 0 aliphatic heterocycles. The summed E-state index contributed by atoms with van der Waals surface area (Å²) in [5, 5.41) is 3.19. The van der Waals surface area contributed by atoms with Gasteiger partial charge in [0.15, 0.2) is 0 Å². The number of carbonyl (C=O) groups excluding carboxylic acids is 2. The monoisotopic (exact) mass is 281 g/mol. The van der Waals surface area contributed by atoms with Crippen molar-refractivity contribution in [1.82, 2.24) is 0 Å². The molecule has 1 rings (SSSR count). The van der Waals surface area contributed by atoms with Crippen LogP contribution >= 0.6 is 11.6 Å². The highest BCUT2D eigenvalue weighted by Crippen LogP contribution is 2.13. The molecule has 0 bridgehead atoms. The van der Waals surface area contributed by atoms with Crippen LogP contribution in [-0.4, -0.2) is 18.5 Å². The van der Waals surface area contributed by atoms with Crippen molar-refractivity contribution in [3.63, 3.8) is 0 Å². The predicted molar refractivity (Wildman–Crippen MR) is 75.0 cm³/mol. The van der Waals surface area contributed by atoms with Crippen molar-refractivity contribution < 1.29 is 14.3 Å². The fourth-order valence-corrected chi connectivity index (χ4v) is 1.28. The number of amides is 1.